The molecule has 0 aliphatic rings. The number of rotatable bonds is 6. The first kappa shape index (κ1) is 15.2. The van der Waals surface area contributed by atoms with E-state index in [4.69, 9.17) is 5.11 Å². The molecule has 0 radical (unpaired) electrons. The van der Waals surface area contributed by atoms with Crippen LogP contribution in [-0.2, 0) is 0 Å². The van der Waals surface area contributed by atoms with Crippen LogP contribution >= 0.6 is 0 Å². The van der Waals surface area contributed by atoms with Crippen LogP contribution in [0, 0.1) is 0 Å². The van der Waals surface area contributed by atoms with Crippen molar-refractivity contribution in [3.8, 4) is 5.69 Å². The van der Waals surface area contributed by atoms with E-state index < -0.39 is 18.9 Å². The predicted octanol–water partition coefficient (Wildman–Crippen LogP) is 2.18. The van der Waals surface area contributed by atoms with Crippen molar-refractivity contribution in [3.63, 3.8) is 0 Å². The maximum Gasteiger partial charge on any atom is 0.255 e. The summed E-state index contributed by atoms with van der Waals surface area (Å²) in [5, 5.41) is 8.91. The van der Waals surface area contributed by atoms with Gasteiger partial charge in [0.1, 0.15) is 0 Å². The van der Waals surface area contributed by atoms with Gasteiger partial charge in [0.15, 0.2) is 0 Å². The Hall–Kier alpha value is -2.21. The van der Waals surface area contributed by atoms with Crippen molar-refractivity contribution in [2.24, 2.45) is 0 Å². The highest BCUT2D eigenvalue weighted by Crippen LogP contribution is 2.13. The lowest BCUT2D eigenvalue weighted by molar-refractivity contribution is 0.0509. The molecule has 1 N–H and O–H groups in total. The summed E-state index contributed by atoms with van der Waals surface area (Å²) >= 11 is 0. The fourth-order valence-electron chi connectivity index (χ4n) is 2.05. The van der Waals surface area contributed by atoms with Crippen molar-refractivity contribution in [1.82, 2.24) is 9.47 Å². The molecule has 21 heavy (non-hydrogen) atoms. The van der Waals surface area contributed by atoms with Crippen molar-refractivity contribution < 1.29 is 18.7 Å². The minimum absolute atomic E-state index is 0.114. The third-order valence-electron chi connectivity index (χ3n) is 3.01. The number of nitrogens with zero attached hydrogens (tertiary/aromatic N) is 2. The Morgan fingerprint density at radius 1 is 1.24 bits per heavy atom. The summed E-state index contributed by atoms with van der Waals surface area (Å²) in [6.45, 7) is -1.15. The summed E-state index contributed by atoms with van der Waals surface area (Å²) in [7, 11) is 0. The Morgan fingerprint density at radius 3 is 2.57 bits per heavy atom. The maximum atomic E-state index is 12.5. The van der Waals surface area contributed by atoms with E-state index >= 15 is 0 Å². The van der Waals surface area contributed by atoms with E-state index in [0.29, 0.717) is 5.56 Å². The number of hydrogen-bond acceptors (Lipinski definition) is 2. The highest BCUT2D eigenvalue weighted by Gasteiger charge is 2.19. The number of halogens is 2. The SMILES string of the molecule is O=C(c1cccc(-n2cccc2)c1)N(CCO)CC(F)F. The van der Waals surface area contributed by atoms with Crippen LogP contribution in [0.15, 0.2) is 48.8 Å². The molecule has 0 saturated carbocycles. The Morgan fingerprint density at radius 2 is 1.95 bits per heavy atom. The van der Waals surface area contributed by atoms with Gasteiger partial charge in [0.05, 0.1) is 13.2 Å². The average Bonchev–Trinajstić information content (AvgIpc) is 3.00. The molecule has 0 saturated heterocycles. The van der Waals surface area contributed by atoms with Crippen LogP contribution in [0.1, 0.15) is 10.4 Å². The molecule has 1 aromatic carbocycles. The van der Waals surface area contributed by atoms with Gasteiger partial charge in [-0.1, -0.05) is 6.07 Å². The van der Waals surface area contributed by atoms with E-state index in [1.165, 1.54) is 0 Å². The Balaban J connectivity index is 2.23. The second-order valence-electron chi connectivity index (χ2n) is 4.51. The summed E-state index contributed by atoms with van der Waals surface area (Å²) in [4.78, 5) is 13.2. The van der Waals surface area contributed by atoms with E-state index in [9.17, 15) is 13.6 Å². The first-order valence-corrected chi connectivity index (χ1v) is 6.53. The average molecular weight is 294 g/mol. The van der Waals surface area contributed by atoms with E-state index in [1.807, 2.05) is 35.2 Å². The van der Waals surface area contributed by atoms with Crippen molar-refractivity contribution in [1.29, 1.82) is 0 Å². The fourth-order valence-corrected chi connectivity index (χ4v) is 2.05. The van der Waals surface area contributed by atoms with E-state index in [0.717, 1.165) is 10.6 Å². The lowest BCUT2D eigenvalue weighted by atomic mass is 10.1. The molecule has 0 atom stereocenters. The zero-order valence-electron chi connectivity index (χ0n) is 11.3. The maximum absolute atomic E-state index is 12.5. The summed E-state index contributed by atoms with van der Waals surface area (Å²) in [6.07, 6.45) is 1.02. The molecule has 4 nitrogen and oxygen atoms in total. The monoisotopic (exact) mass is 294 g/mol. The van der Waals surface area contributed by atoms with Gasteiger partial charge in [-0.15, -0.1) is 0 Å². The van der Waals surface area contributed by atoms with Crippen LogP contribution < -0.4 is 0 Å². The quantitative estimate of drug-likeness (QED) is 0.887. The Kier molecular flexibility index (Phi) is 5.05. The van der Waals surface area contributed by atoms with E-state index in [2.05, 4.69) is 0 Å². The largest absolute Gasteiger partial charge is 0.395 e. The molecule has 0 aliphatic heterocycles. The van der Waals surface area contributed by atoms with Gasteiger partial charge in [0.2, 0.25) is 0 Å². The van der Waals surface area contributed by atoms with Gasteiger partial charge in [0.25, 0.3) is 12.3 Å². The van der Waals surface area contributed by atoms with Crippen LogP contribution in [0.5, 0.6) is 0 Å². The third kappa shape index (κ3) is 3.88. The van der Waals surface area contributed by atoms with Gasteiger partial charge >= 0.3 is 0 Å². The highest BCUT2D eigenvalue weighted by atomic mass is 19.3. The second-order valence-corrected chi connectivity index (χ2v) is 4.51. The number of aromatic nitrogens is 1. The molecule has 6 heteroatoms. The van der Waals surface area contributed by atoms with Crippen LogP contribution in [0.4, 0.5) is 8.78 Å². The molecule has 112 valence electrons. The zero-order chi connectivity index (χ0) is 15.2. The number of amides is 1. The number of carbonyl (C=O) groups excluding carboxylic acids is 1. The number of carbonyl (C=O) groups is 1. The van der Waals surface area contributed by atoms with Gasteiger partial charge in [-0.25, -0.2) is 8.78 Å². The molecule has 0 bridgehead atoms. The lowest BCUT2D eigenvalue weighted by Gasteiger charge is -2.21. The number of hydrogen-bond donors (Lipinski definition) is 1. The third-order valence-corrected chi connectivity index (χ3v) is 3.01. The number of aliphatic hydroxyl groups is 1. The smallest absolute Gasteiger partial charge is 0.255 e. The van der Waals surface area contributed by atoms with Crippen molar-refractivity contribution in [3.05, 3.63) is 54.4 Å². The first-order valence-electron chi connectivity index (χ1n) is 6.53. The standard InChI is InChI=1S/C15H16F2N2O2/c16-14(17)11-19(8-9-20)15(21)12-4-3-5-13(10-12)18-6-1-2-7-18/h1-7,10,14,20H,8-9,11H2. The molecular formula is C15H16F2N2O2. The number of benzene rings is 1. The van der Waals surface area contributed by atoms with Crippen LogP contribution in [0.2, 0.25) is 0 Å². The number of aliphatic hydroxyl groups excluding tert-OH is 1. The summed E-state index contributed by atoms with van der Waals surface area (Å²) in [6, 6.07) is 10.4. The summed E-state index contributed by atoms with van der Waals surface area (Å²) < 4.78 is 26.8. The Labute approximate surface area is 121 Å². The van der Waals surface area contributed by atoms with E-state index in [1.54, 1.807) is 18.2 Å². The predicted molar refractivity (Wildman–Crippen MR) is 74.8 cm³/mol. The molecular weight excluding hydrogens is 278 g/mol. The minimum atomic E-state index is -2.63. The minimum Gasteiger partial charge on any atom is -0.395 e. The van der Waals surface area contributed by atoms with Gasteiger partial charge in [-0.05, 0) is 30.3 Å². The van der Waals surface area contributed by atoms with Crippen LogP contribution in [0.25, 0.3) is 5.69 Å². The van der Waals surface area contributed by atoms with Gasteiger partial charge in [-0.3, -0.25) is 4.79 Å². The molecule has 1 amide bonds. The number of alkyl halides is 2. The molecule has 0 aliphatic carbocycles. The topological polar surface area (TPSA) is 45.5 Å². The molecule has 0 spiro atoms. The Bertz CT molecular complexity index is 585. The molecule has 1 heterocycles. The molecule has 1 aromatic heterocycles. The van der Waals surface area contributed by atoms with Crippen LogP contribution in [-0.4, -0.2) is 46.6 Å². The van der Waals surface area contributed by atoms with Crippen molar-refractivity contribution >= 4 is 5.91 Å². The van der Waals surface area contributed by atoms with Crippen LogP contribution in [0.3, 0.4) is 0 Å². The lowest BCUT2D eigenvalue weighted by Crippen LogP contribution is -2.37. The normalized spacial score (nSPS) is 10.9. The molecule has 2 rings (SSSR count). The second kappa shape index (κ2) is 6.99. The summed E-state index contributed by atoms with van der Waals surface area (Å²) in [5.41, 5.74) is 1.09. The van der Waals surface area contributed by atoms with E-state index in [-0.39, 0.29) is 13.2 Å². The van der Waals surface area contributed by atoms with Gasteiger partial charge in [0, 0.05) is 30.2 Å². The summed E-state index contributed by atoms with van der Waals surface area (Å²) in [5.74, 6) is -0.515. The van der Waals surface area contributed by atoms with Gasteiger partial charge in [-0.2, -0.15) is 0 Å². The first-order chi connectivity index (χ1) is 10.1. The molecule has 0 unspecified atom stereocenters. The fraction of sp³-hybridized carbons (Fsp3) is 0.267. The molecule has 0 fully saturated rings. The molecule has 2 aromatic rings. The van der Waals surface area contributed by atoms with Crippen molar-refractivity contribution in [2.45, 2.75) is 6.43 Å². The van der Waals surface area contributed by atoms with Gasteiger partial charge < -0.3 is 14.6 Å². The van der Waals surface area contributed by atoms with Crippen molar-refractivity contribution in [2.75, 3.05) is 19.7 Å². The highest BCUT2D eigenvalue weighted by molar-refractivity contribution is 5.94. The zero-order valence-corrected chi connectivity index (χ0v) is 11.3.